The molecule has 6 nitrogen and oxygen atoms in total. The molecule has 0 unspecified atom stereocenters. The van der Waals surface area contributed by atoms with Crippen molar-refractivity contribution in [1.29, 1.82) is 0 Å². The standard InChI is InChI=1S/C25H24F3N5O/c26-25(27,28)34-22-10-9-19-6-4-12-29-23(19)24(22)32-14-5-13-31(16-17-32)18-20-11-15-33(30-20)21-7-2-1-3-8-21/h1-4,6-12,15H,5,13-14,16-18H2. The lowest BCUT2D eigenvalue weighted by Crippen LogP contribution is -2.31. The molecule has 0 atom stereocenters. The van der Waals surface area contributed by atoms with Gasteiger partial charge in [0.05, 0.1) is 16.9 Å². The molecule has 0 saturated carbocycles. The minimum Gasteiger partial charge on any atom is -0.403 e. The number of nitrogens with zero attached hydrogens (tertiary/aromatic N) is 5. The zero-order valence-corrected chi connectivity index (χ0v) is 18.4. The van der Waals surface area contributed by atoms with Gasteiger partial charge in [0.15, 0.2) is 5.75 Å². The molecule has 1 aliphatic heterocycles. The maximum Gasteiger partial charge on any atom is 0.573 e. The Morgan fingerprint density at radius 3 is 2.56 bits per heavy atom. The first-order valence-corrected chi connectivity index (χ1v) is 11.2. The van der Waals surface area contributed by atoms with Crippen LogP contribution in [0.3, 0.4) is 0 Å². The van der Waals surface area contributed by atoms with Gasteiger partial charge in [-0.3, -0.25) is 9.88 Å². The van der Waals surface area contributed by atoms with Gasteiger partial charge in [-0.1, -0.05) is 24.3 Å². The van der Waals surface area contributed by atoms with Crippen molar-refractivity contribution in [3.63, 3.8) is 0 Å². The van der Waals surface area contributed by atoms with Crippen molar-refractivity contribution in [3.05, 3.63) is 78.8 Å². The summed E-state index contributed by atoms with van der Waals surface area (Å²) in [7, 11) is 0. The number of alkyl halides is 3. The molecule has 2 aromatic carbocycles. The van der Waals surface area contributed by atoms with Gasteiger partial charge in [0, 0.05) is 50.5 Å². The Kier molecular flexibility index (Phi) is 6.10. The number of fused-ring (bicyclic) bond motifs is 1. The second-order valence-corrected chi connectivity index (χ2v) is 8.24. The lowest BCUT2D eigenvalue weighted by molar-refractivity contribution is -0.274. The maximum absolute atomic E-state index is 13.1. The number of hydrogen-bond acceptors (Lipinski definition) is 5. The summed E-state index contributed by atoms with van der Waals surface area (Å²) in [6.07, 6.45) is -0.436. The topological polar surface area (TPSA) is 46.4 Å². The van der Waals surface area contributed by atoms with Gasteiger partial charge < -0.3 is 9.64 Å². The monoisotopic (exact) mass is 467 g/mol. The van der Waals surface area contributed by atoms with E-state index in [4.69, 9.17) is 0 Å². The van der Waals surface area contributed by atoms with Gasteiger partial charge in [-0.25, -0.2) is 4.68 Å². The van der Waals surface area contributed by atoms with Crippen molar-refractivity contribution >= 4 is 16.6 Å². The van der Waals surface area contributed by atoms with Gasteiger partial charge in [0.1, 0.15) is 5.69 Å². The van der Waals surface area contributed by atoms with Crippen molar-refractivity contribution in [2.75, 3.05) is 31.1 Å². The highest BCUT2D eigenvalue weighted by molar-refractivity contribution is 5.94. The molecular formula is C25H24F3N5O. The van der Waals surface area contributed by atoms with Crippen LogP contribution in [0.25, 0.3) is 16.6 Å². The molecule has 4 aromatic rings. The van der Waals surface area contributed by atoms with E-state index in [0.29, 0.717) is 37.4 Å². The summed E-state index contributed by atoms with van der Waals surface area (Å²) in [6.45, 7) is 3.35. The molecule has 0 bridgehead atoms. The van der Waals surface area contributed by atoms with E-state index in [0.717, 1.165) is 29.7 Å². The quantitative estimate of drug-likeness (QED) is 0.412. The highest BCUT2D eigenvalue weighted by Crippen LogP contribution is 2.38. The SMILES string of the molecule is FC(F)(F)Oc1ccc2cccnc2c1N1CCCN(Cc2ccn(-c3ccccc3)n2)CC1. The van der Waals surface area contributed by atoms with Crippen molar-refractivity contribution in [2.24, 2.45) is 0 Å². The Morgan fingerprint density at radius 2 is 1.74 bits per heavy atom. The smallest absolute Gasteiger partial charge is 0.403 e. The van der Waals surface area contributed by atoms with E-state index in [-0.39, 0.29) is 5.75 Å². The van der Waals surface area contributed by atoms with Gasteiger partial charge in [0.25, 0.3) is 0 Å². The summed E-state index contributed by atoms with van der Waals surface area (Å²) in [5, 5.41) is 5.46. The number of benzene rings is 2. The van der Waals surface area contributed by atoms with E-state index >= 15 is 0 Å². The molecule has 0 aliphatic carbocycles. The van der Waals surface area contributed by atoms with Crippen LogP contribution in [0.2, 0.25) is 0 Å². The van der Waals surface area contributed by atoms with Crippen LogP contribution < -0.4 is 9.64 Å². The normalized spacial score (nSPS) is 15.4. The molecule has 3 heterocycles. The average Bonchev–Trinajstić information content (AvgIpc) is 3.17. The van der Waals surface area contributed by atoms with Gasteiger partial charge >= 0.3 is 6.36 Å². The molecule has 1 aliphatic rings. The first-order chi connectivity index (χ1) is 16.5. The summed E-state index contributed by atoms with van der Waals surface area (Å²) < 4.78 is 45.6. The Morgan fingerprint density at radius 1 is 0.882 bits per heavy atom. The van der Waals surface area contributed by atoms with Crippen molar-refractivity contribution in [1.82, 2.24) is 19.7 Å². The number of para-hydroxylation sites is 1. The largest absolute Gasteiger partial charge is 0.573 e. The summed E-state index contributed by atoms with van der Waals surface area (Å²) in [6, 6.07) is 18.5. The van der Waals surface area contributed by atoms with E-state index in [1.807, 2.05) is 58.2 Å². The van der Waals surface area contributed by atoms with Gasteiger partial charge in [0.2, 0.25) is 0 Å². The fourth-order valence-corrected chi connectivity index (χ4v) is 4.38. The number of hydrogen-bond donors (Lipinski definition) is 0. The van der Waals surface area contributed by atoms with E-state index < -0.39 is 6.36 Å². The first-order valence-electron chi connectivity index (χ1n) is 11.2. The lowest BCUT2D eigenvalue weighted by Gasteiger charge is -2.27. The third-order valence-electron chi connectivity index (χ3n) is 5.89. The van der Waals surface area contributed by atoms with Crippen LogP contribution in [0, 0.1) is 0 Å². The van der Waals surface area contributed by atoms with Crippen molar-refractivity contribution in [2.45, 2.75) is 19.3 Å². The van der Waals surface area contributed by atoms with Crippen LogP contribution in [0.1, 0.15) is 12.1 Å². The maximum atomic E-state index is 13.1. The van der Waals surface area contributed by atoms with Crippen LogP contribution in [0.5, 0.6) is 5.75 Å². The molecule has 9 heteroatoms. The number of aromatic nitrogens is 3. The Hall–Kier alpha value is -3.59. The molecule has 0 radical (unpaired) electrons. The molecular weight excluding hydrogens is 443 g/mol. The molecule has 5 rings (SSSR count). The molecule has 0 N–H and O–H groups in total. The minimum atomic E-state index is -4.77. The van der Waals surface area contributed by atoms with Crippen LogP contribution >= 0.6 is 0 Å². The van der Waals surface area contributed by atoms with Crippen LogP contribution in [0.4, 0.5) is 18.9 Å². The molecule has 0 spiro atoms. The highest BCUT2D eigenvalue weighted by atomic mass is 19.4. The molecule has 0 amide bonds. The van der Waals surface area contributed by atoms with Crippen LogP contribution in [-0.4, -0.2) is 52.2 Å². The fraction of sp³-hybridized carbons (Fsp3) is 0.280. The van der Waals surface area contributed by atoms with E-state index in [1.54, 1.807) is 18.3 Å². The van der Waals surface area contributed by atoms with Crippen LogP contribution in [0.15, 0.2) is 73.1 Å². The summed E-state index contributed by atoms with van der Waals surface area (Å²) >= 11 is 0. The Bertz CT molecular complexity index is 1260. The number of pyridine rings is 1. The zero-order valence-electron chi connectivity index (χ0n) is 18.4. The van der Waals surface area contributed by atoms with E-state index in [1.165, 1.54) is 6.07 Å². The third kappa shape index (κ3) is 4.99. The molecule has 2 aromatic heterocycles. The van der Waals surface area contributed by atoms with E-state index in [2.05, 4.69) is 19.7 Å². The third-order valence-corrected chi connectivity index (χ3v) is 5.89. The molecule has 1 saturated heterocycles. The lowest BCUT2D eigenvalue weighted by atomic mass is 10.1. The number of anilines is 1. The molecule has 34 heavy (non-hydrogen) atoms. The average molecular weight is 467 g/mol. The predicted octanol–water partition coefficient (Wildman–Crippen LogP) is 5.03. The fourth-order valence-electron chi connectivity index (χ4n) is 4.38. The number of ether oxygens (including phenoxy) is 1. The number of rotatable bonds is 5. The number of halogens is 3. The summed E-state index contributed by atoms with van der Waals surface area (Å²) in [5.41, 5.74) is 2.85. The van der Waals surface area contributed by atoms with Crippen LogP contribution in [-0.2, 0) is 6.54 Å². The Labute approximate surface area is 195 Å². The Balaban J connectivity index is 1.34. The van der Waals surface area contributed by atoms with Crippen molar-refractivity contribution < 1.29 is 17.9 Å². The first kappa shape index (κ1) is 22.2. The van der Waals surface area contributed by atoms with Crippen molar-refractivity contribution in [3.8, 4) is 11.4 Å². The van der Waals surface area contributed by atoms with Gasteiger partial charge in [-0.05, 0) is 42.8 Å². The minimum absolute atomic E-state index is 0.214. The van der Waals surface area contributed by atoms with Gasteiger partial charge in [-0.2, -0.15) is 5.10 Å². The van der Waals surface area contributed by atoms with Gasteiger partial charge in [-0.15, -0.1) is 13.2 Å². The zero-order chi connectivity index (χ0) is 23.5. The summed E-state index contributed by atoms with van der Waals surface area (Å²) in [4.78, 5) is 8.62. The molecule has 1 fully saturated rings. The second-order valence-electron chi connectivity index (χ2n) is 8.24. The molecule has 176 valence electrons. The second kappa shape index (κ2) is 9.34. The predicted molar refractivity (Wildman–Crippen MR) is 124 cm³/mol. The summed E-state index contributed by atoms with van der Waals surface area (Å²) in [5.74, 6) is -0.214. The highest BCUT2D eigenvalue weighted by Gasteiger charge is 2.34. The van der Waals surface area contributed by atoms with E-state index in [9.17, 15) is 13.2 Å².